The molecule has 11 nitrogen and oxygen atoms in total. The van der Waals surface area contributed by atoms with Crippen molar-refractivity contribution in [3.63, 3.8) is 0 Å². The van der Waals surface area contributed by atoms with Crippen molar-refractivity contribution in [2.75, 3.05) is 76.2 Å². The summed E-state index contributed by atoms with van der Waals surface area (Å²) < 4.78 is 20.5. The van der Waals surface area contributed by atoms with E-state index in [-0.39, 0.29) is 31.4 Å². The van der Waals surface area contributed by atoms with Crippen LogP contribution in [0.15, 0.2) is 47.8 Å². The highest BCUT2D eigenvalue weighted by Gasteiger charge is 2.23. The van der Waals surface area contributed by atoms with Crippen LogP contribution < -0.4 is 31.3 Å². The Morgan fingerprint density at radius 2 is 1.82 bits per heavy atom. The molecule has 1 unspecified atom stereocenters. The first-order chi connectivity index (χ1) is 19.0. The summed E-state index contributed by atoms with van der Waals surface area (Å²) in [5.74, 6) is 0.167. The molecule has 1 fully saturated rings. The third kappa shape index (κ3) is 10.7. The highest BCUT2D eigenvalue weighted by Crippen LogP contribution is 2.24. The van der Waals surface area contributed by atoms with Crippen LogP contribution in [0.25, 0.3) is 0 Å². The Kier molecular flexibility index (Phi) is 14.6. The lowest BCUT2D eigenvalue weighted by Crippen LogP contribution is -2.50. The SMILES string of the molecule is CC.CNCCNCc1ccc(OCC(=O)N2CCN(c3ccc(NCC(CN)ON=O)cc3F)CC2)cc1. The lowest BCUT2D eigenvalue weighted by molar-refractivity contribution is -0.133. The monoisotopic (exact) mass is 547 g/mol. The topological polar surface area (TPSA) is 134 Å². The molecule has 2 aromatic carbocycles. The molecule has 0 radical (unpaired) electrons. The molecular weight excluding hydrogens is 505 g/mol. The predicted molar refractivity (Wildman–Crippen MR) is 152 cm³/mol. The van der Waals surface area contributed by atoms with Gasteiger partial charge in [-0.05, 0) is 42.9 Å². The normalized spacial score (nSPS) is 13.7. The second kappa shape index (κ2) is 17.9. The fraction of sp³-hybridized carbons (Fsp3) is 0.519. The molecule has 1 aliphatic rings. The zero-order valence-electron chi connectivity index (χ0n) is 23.1. The Bertz CT molecular complexity index is 989. The molecule has 0 saturated carbocycles. The third-order valence-corrected chi connectivity index (χ3v) is 6.08. The number of hydrogen-bond acceptors (Lipinski definition) is 10. The molecule has 2 aromatic rings. The number of carbonyl (C=O) groups is 1. The van der Waals surface area contributed by atoms with Crippen LogP contribution in [-0.4, -0.2) is 82.9 Å². The number of nitrogens with two attached hydrogens (primary N) is 1. The van der Waals surface area contributed by atoms with Crippen LogP contribution in [0.3, 0.4) is 0 Å². The van der Waals surface area contributed by atoms with E-state index in [0.717, 1.165) is 25.2 Å². The smallest absolute Gasteiger partial charge is 0.260 e. The third-order valence-electron chi connectivity index (χ3n) is 6.08. The molecule has 12 heteroatoms. The van der Waals surface area contributed by atoms with Crippen molar-refractivity contribution in [1.82, 2.24) is 15.5 Å². The minimum absolute atomic E-state index is 0.0401. The Morgan fingerprint density at radius 3 is 2.44 bits per heavy atom. The molecule has 1 atom stereocenters. The number of nitrogens with zero attached hydrogens (tertiary/aromatic N) is 3. The summed E-state index contributed by atoms with van der Waals surface area (Å²) in [4.78, 5) is 31.1. The number of hydrogen-bond donors (Lipinski definition) is 4. The predicted octanol–water partition coefficient (Wildman–Crippen LogP) is 2.33. The van der Waals surface area contributed by atoms with Gasteiger partial charge in [0.25, 0.3) is 5.91 Å². The number of ether oxygens (including phenoxy) is 1. The first kappa shape index (κ1) is 31.7. The number of anilines is 2. The summed E-state index contributed by atoms with van der Waals surface area (Å²) in [6.45, 7) is 8.84. The van der Waals surface area contributed by atoms with Crippen LogP contribution in [0.5, 0.6) is 5.75 Å². The summed E-state index contributed by atoms with van der Waals surface area (Å²) in [5.41, 5.74) is 7.65. The van der Waals surface area contributed by atoms with E-state index in [1.807, 2.05) is 50.1 Å². The molecule has 0 spiro atoms. The highest BCUT2D eigenvalue weighted by molar-refractivity contribution is 5.78. The van der Waals surface area contributed by atoms with E-state index in [2.05, 4.69) is 26.1 Å². The minimum Gasteiger partial charge on any atom is -0.484 e. The number of halogens is 1. The Morgan fingerprint density at radius 1 is 1.10 bits per heavy atom. The number of carbonyl (C=O) groups excluding carboxylic acids is 1. The van der Waals surface area contributed by atoms with Gasteiger partial charge in [0, 0.05) is 58.0 Å². The summed E-state index contributed by atoms with van der Waals surface area (Å²) in [7, 11) is 1.92. The molecule has 1 heterocycles. The van der Waals surface area contributed by atoms with Crippen LogP contribution >= 0.6 is 0 Å². The molecule has 0 aliphatic carbocycles. The van der Waals surface area contributed by atoms with Gasteiger partial charge in [-0.15, -0.1) is 4.91 Å². The van der Waals surface area contributed by atoms with Gasteiger partial charge in [0.1, 0.15) is 11.6 Å². The van der Waals surface area contributed by atoms with Crippen molar-refractivity contribution in [3.05, 3.63) is 58.8 Å². The molecule has 3 rings (SSSR count). The maximum absolute atomic E-state index is 14.8. The van der Waals surface area contributed by atoms with Crippen LogP contribution in [-0.2, 0) is 16.2 Å². The second-order valence-electron chi connectivity index (χ2n) is 8.67. The largest absolute Gasteiger partial charge is 0.484 e. The molecule has 39 heavy (non-hydrogen) atoms. The number of benzene rings is 2. The Hall–Kier alpha value is -3.48. The van der Waals surface area contributed by atoms with E-state index in [0.29, 0.717) is 43.3 Å². The average molecular weight is 548 g/mol. The lowest BCUT2D eigenvalue weighted by Gasteiger charge is -2.36. The number of rotatable bonds is 15. The summed E-state index contributed by atoms with van der Waals surface area (Å²) >= 11 is 0. The van der Waals surface area contributed by atoms with Crippen LogP contribution in [0.2, 0.25) is 0 Å². The number of piperazine rings is 1. The highest BCUT2D eigenvalue weighted by atomic mass is 19.1. The average Bonchev–Trinajstić information content (AvgIpc) is 2.98. The van der Waals surface area contributed by atoms with Gasteiger partial charge in [-0.1, -0.05) is 26.0 Å². The van der Waals surface area contributed by atoms with Gasteiger partial charge >= 0.3 is 0 Å². The summed E-state index contributed by atoms with van der Waals surface area (Å²) in [6.07, 6.45) is -0.593. The number of amides is 1. The van der Waals surface area contributed by atoms with Crippen molar-refractivity contribution in [1.29, 1.82) is 0 Å². The Balaban J connectivity index is 0.00000260. The quantitative estimate of drug-likeness (QED) is 0.151. The molecule has 5 N–H and O–H groups in total. The van der Waals surface area contributed by atoms with Gasteiger partial charge in [-0.2, -0.15) is 0 Å². The molecular formula is C27H42FN7O4. The van der Waals surface area contributed by atoms with Gasteiger partial charge in [-0.25, -0.2) is 4.39 Å². The van der Waals surface area contributed by atoms with Crippen molar-refractivity contribution >= 4 is 17.3 Å². The van der Waals surface area contributed by atoms with E-state index in [1.165, 1.54) is 6.07 Å². The van der Waals surface area contributed by atoms with Gasteiger partial charge in [-0.3, -0.25) is 4.79 Å². The number of likely N-dealkylation sites (N-methyl/N-ethyl adjacent to an activating group) is 1. The van der Waals surface area contributed by atoms with E-state index in [4.69, 9.17) is 10.5 Å². The first-order valence-corrected chi connectivity index (χ1v) is 13.4. The van der Waals surface area contributed by atoms with Crippen molar-refractivity contribution in [3.8, 4) is 5.75 Å². The van der Waals surface area contributed by atoms with Crippen LogP contribution in [0.4, 0.5) is 15.8 Å². The van der Waals surface area contributed by atoms with Crippen LogP contribution in [0, 0.1) is 10.7 Å². The van der Waals surface area contributed by atoms with Gasteiger partial charge < -0.3 is 41.1 Å². The second-order valence-corrected chi connectivity index (χ2v) is 8.67. The summed E-state index contributed by atoms with van der Waals surface area (Å²) in [5, 5.41) is 11.8. The standard InChI is InChI=1S/C25H36FN7O4.C2H6/c1-28-8-9-29-16-19-2-5-21(6-3-19)36-18-25(34)33-12-10-32(11-13-33)24-7-4-20(14-23(24)26)30-17-22(15-27)37-31-35;1-2/h2-7,14,22,28-30H,8-13,15-18,27H2,1H3;1-2H3. The van der Waals surface area contributed by atoms with E-state index >= 15 is 0 Å². The van der Waals surface area contributed by atoms with Crippen molar-refractivity contribution in [2.45, 2.75) is 26.5 Å². The fourth-order valence-electron chi connectivity index (χ4n) is 3.91. The van der Waals surface area contributed by atoms with Gasteiger partial charge in [0.15, 0.2) is 18.1 Å². The molecule has 1 saturated heterocycles. The lowest BCUT2D eigenvalue weighted by atomic mass is 10.2. The van der Waals surface area contributed by atoms with Gasteiger partial charge in [0.05, 0.1) is 12.2 Å². The number of nitrogens with one attached hydrogen (secondary N) is 3. The van der Waals surface area contributed by atoms with Gasteiger partial charge in [0.2, 0.25) is 0 Å². The molecule has 216 valence electrons. The van der Waals surface area contributed by atoms with Crippen molar-refractivity contribution < 1.29 is 18.8 Å². The summed E-state index contributed by atoms with van der Waals surface area (Å²) in [6, 6.07) is 12.5. The maximum atomic E-state index is 14.8. The van der Waals surface area contributed by atoms with Crippen molar-refractivity contribution in [2.24, 2.45) is 11.1 Å². The molecule has 1 amide bonds. The molecule has 0 bridgehead atoms. The Labute approximate surface area is 230 Å². The zero-order chi connectivity index (χ0) is 28.5. The molecule has 0 aromatic heterocycles. The van der Waals surface area contributed by atoms with Crippen LogP contribution in [0.1, 0.15) is 19.4 Å². The maximum Gasteiger partial charge on any atom is 0.260 e. The minimum atomic E-state index is -0.593. The molecule has 1 aliphatic heterocycles. The zero-order valence-corrected chi connectivity index (χ0v) is 23.1. The van der Waals surface area contributed by atoms with E-state index in [9.17, 15) is 14.1 Å². The van der Waals surface area contributed by atoms with E-state index in [1.54, 1.807) is 17.0 Å². The fourth-order valence-corrected chi connectivity index (χ4v) is 3.91. The van der Waals surface area contributed by atoms with E-state index < -0.39 is 6.10 Å². The first-order valence-electron chi connectivity index (χ1n) is 13.4.